The van der Waals surface area contributed by atoms with Crippen molar-refractivity contribution in [2.24, 2.45) is 0 Å². The number of benzene rings is 1. The molecule has 0 amide bonds. The van der Waals surface area contributed by atoms with Gasteiger partial charge in [0.15, 0.2) is 0 Å². The van der Waals surface area contributed by atoms with Crippen LogP contribution in [-0.4, -0.2) is 10.1 Å². The smallest absolute Gasteiger partial charge is 0.135 e. The van der Waals surface area contributed by atoms with Gasteiger partial charge in [-0.2, -0.15) is 0 Å². The molecule has 2 rings (SSSR count). The molecule has 0 bridgehead atoms. The lowest BCUT2D eigenvalue weighted by Gasteiger charge is -2.08. The predicted molar refractivity (Wildman–Crippen MR) is 62.1 cm³/mol. The highest BCUT2D eigenvalue weighted by Crippen LogP contribution is 2.25. The van der Waals surface area contributed by atoms with Gasteiger partial charge in [-0.1, -0.05) is 23.2 Å². The summed E-state index contributed by atoms with van der Waals surface area (Å²) in [4.78, 5) is 4.24. The summed E-state index contributed by atoms with van der Waals surface area (Å²) in [5.74, 6) is 0. The summed E-state index contributed by atoms with van der Waals surface area (Å²) in [6.45, 7) is 3.71. The van der Waals surface area contributed by atoms with E-state index < -0.39 is 6.10 Å². The normalized spacial score (nSPS) is 13.1. The van der Waals surface area contributed by atoms with Gasteiger partial charge in [-0.15, -0.1) is 0 Å². The van der Waals surface area contributed by atoms with Crippen molar-refractivity contribution in [2.75, 3.05) is 0 Å². The van der Waals surface area contributed by atoms with E-state index in [0.29, 0.717) is 10.7 Å². The molecule has 2 nitrogen and oxygen atoms in total. The van der Waals surface area contributed by atoms with Crippen molar-refractivity contribution in [1.29, 1.82) is 0 Å². The van der Waals surface area contributed by atoms with Crippen LogP contribution < -0.4 is 0 Å². The summed E-state index contributed by atoms with van der Waals surface area (Å²) in [5, 5.41) is 10.9. The van der Waals surface area contributed by atoms with Gasteiger partial charge in [0.25, 0.3) is 0 Å². The number of halogens is 1. The Kier molecular flexibility index (Phi) is 2.63. The molecule has 1 atom stereocenters. The molecule has 0 fully saturated rings. The number of aliphatic hydroxyl groups is 1. The minimum Gasteiger partial charge on any atom is -0.389 e. The Balaban J connectivity index is 2.72. The van der Waals surface area contributed by atoms with E-state index >= 15 is 0 Å². The van der Waals surface area contributed by atoms with Crippen LogP contribution in [0.5, 0.6) is 0 Å². The van der Waals surface area contributed by atoms with Gasteiger partial charge in [0.2, 0.25) is 0 Å². The number of fused-ring (bicyclic) bond motifs is 1. The minimum atomic E-state index is -0.588. The molecule has 3 heteroatoms. The topological polar surface area (TPSA) is 33.1 Å². The third-order valence-electron chi connectivity index (χ3n) is 2.40. The van der Waals surface area contributed by atoms with E-state index in [2.05, 4.69) is 4.98 Å². The largest absolute Gasteiger partial charge is 0.389 e. The molecule has 1 aromatic carbocycles. The lowest BCUT2D eigenvalue weighted by atomic mass is 10.1. The van der Waals surface area contributed by atoms with Crippen LogP contribution >= 0.6 is 11.6 Å². The summed E-state index contributed by atoms with van der Waals surface area (Å²) in [5.41, 5.74) is 2.70. The summed E-state index contributed by atoms with van der Waals surface area (Å²) < 4.78 is 0. The van der Waals surface area contributed by atoms with Gasteiger partial charge in [0.05, 0.1) is 11.6 Å². The molecule has 78 valence electrons. The van der Waals surface area contributed by atoms with Gasteiger partial charge in [-0.25, -0.2) is 4.98 Å². The Morgan fingerprint density at radius 2 is 2.07 bits per heavy atom. The molecule has 15 heavy (non-hydrogen) atoms. The Morgan fingerprint density at radius 1 is 1.33 bits per heavy atom. The molecule has 0 aliphatic carbocycles. The average Bonchev–Trinajstić information content (AvgIpc) is 2.17. The van der Waals surface area contributed by atoms with E-state index in [9.17, 15) is 5.11 Å². The fourth-order valence-electron chi connectivity index (χ4n) is 1.58. The number of rotatable bonds is 1. The second kappa shape index (κ2) is 3.80. The van der Waals surface area contributed by atoms with Crippen LogP contribution in [0, 0.1) is 6.92 Å². The van der Waals surface area contributed by atoms with Gasteiger partial charge in [0.1, 0.15) is 5.15 Å². The van der Waals surface area contributed by atoms with Gasteiger partial charge in [0, 0.05) is 10.9 Å². The first kappa shape index (κ1) is 10.4. The Labute approximate surface area is 93.5 Å². The molecular formula is C12H12ClNO. The lowest BCUT2D eigenvalue weighted by molar-refractivity contribution is 0.199. The highest BCUT2D eigenvalue weighted by atomic mass is 35.5. The van der Waals surface area contributed by atoms with Crippen LogP contribution in [0.1, 0.15) is 24.2 Å². The van der Waals surface area contributed by atoms with E-state index in [1.807, 2.05) is 31.2 Å². The maximum absolute atomic E-state index is 9.51. The van der Waals surface area contributed by atoms with Crippen molar-refractivity contribution in [1.82, 2.24) is 4.98 Å². The monoisotopic (exact) mass is 221 g/mol. The number of nitrogens with zero attached hydrogens (tertiary/aromatic N) is 1. The van der Waals surface area contributed by atoms with Crippen LogP contribution in [0.15, 0.2) is 24.3 Å². The van der Waals surface area contributed by atoms with Crippen LogP contribution in [0.25, 0.3) is 10.9 Å². The average molecular weight is 222 g/mol. The third-order valence-corrected chi connectivity index (χ3v) is 2.70. The summed E-state index contributed by atoms with van der Waals surface area (Å²) in [6, 6.07) is 7.85. The number of aromatic nitrogens is 1. The molecule has 0 spiro atoms. The molecule has 0 radical (unpaired) electrons. The first-order valence-electron chi connectivity index (χ1n) is 4.83. The molecule has 0 unspecified atom stereocenters. The fourth-order valence-corrected chi connectivity index (χ4v) is 1.89. The molecule has 0 saturated carbocycles. The number of pyridine rings is 1. The highest BCUT2D eigenvalue weighted by Gasteiger charge is 2.09. The zero-order valence-corrected chi connectivity index (χ0v) is 9.42. The molecule has 1 heterocycles. The fraction of sp³-hybridized carbons (Fsp3) is 0.250. The number of aliphatic hydroxyl groups excluding tert-OH is 1. The van der Waals surface area contributed by atoms with Crippen molar-refractivity contribution < 1.29 is 5.11 Å². The summed E-state index contributed by atoms with van der Waals surface area (Å²) in [7, 11) is 0. The maximum atomic E-state index is 9.51. The molecule has 0 saturated heterocycles. The standard InChI is InChI=1S/C12H12ClNO/c1-7-3-4-11-9(5-7)6-10(8(2)15)12(13)14-11/h3-6,8,15H,1-2H3/t8-/m0/s1. The third kappa shape index (κ3) is 1.96. The number of aryl methyl sites for hydroxylation is 1. The van der Waals surface area contributed by atoms with E-state index in [1.54, 1.807) is 6.92 Å². The highest BCUT2D eigenvalue weighted by molar-refractivity contribution is 6.30. The van der Waals surface area contributed by atoms with E-state index in [-0.39, 0.29) is 0 Å². The Hall–Kier alpha value is -1.12. The minimum absolute atomic E-state index is 0.376. The molecular weight excluding hydrogens is 210 g/mol. The van der Waals surface area contributed by atoms with Gasteiger partial charge >= 0.3 is 0 Å². The number of hydrogen-bond acceptors (Lipinski definition) is 2. The lowest BCUT2D eigenvalue weighted by Crippen LogP contribution is -1.95. The Morgan fingerprint density at radius 3 is 2.73 bits per heavy atom. The first-order chi connectivity index (χ1) is 7.08. The van der Waals surface area contributed by atoms with Crippen LogP contribution in [-0.2, 0) is 0 Å². The SMILES string of the molecule is Cc1ccc2nc(Cl)c([C@H](C)O)cc2c1. The molecule has 0 aliphatic rings. The van der Waals surface area contributed by atoms with Gasteiger partial charge in [-0.05, 0) is 32.0 Å². The van der Waals surface area contributed by atoms with Gasteiger partial charge in [-0.3, -0.25) is 0 Å². The van der Waals surface area contributed by atoms with E-state index in [1.165, 1.54) is 5.56 Å². The molecule has 1 N–H and O–H groups in total. The summed E-state index contributed by atoms with van der Waals surface area (Å²) >= 11 is 5.97. The van der Waals surface area contributed by atoms with E-state index in [0.717, 1.165) is 10.9 Å². The first-order valence-corrected chi connectivity index (χ1v) is 5.20. The van der Waals surface area contributed by atoms with Gasteiger partial charge < -0.3 is 5.11 Å². The predicted octanol–water partition coefficient (Wildman–Crippen LogP) is 3.25. The molecule has 0 aliphatic heterocycles. The second-order valence-corrected chi connectivity index (χ2v) is 4.10. The van der Waals surface area contributed by atoms with Crippen molar-refractivity contribution in [3.63, 3.8) is 0 Å². The molecule has 1 aromatic heterocycles. The zero-order valence-electron chi connectivity index (χ0n) is 8.66. The second-order valence-electron chi connectivity index (χ2n) is 3.74. The van der Waals surface area contributed by atoms with Crippen LogP contribution in [0.3, 0.4) is 0 Å². The maximum Gasteiger partial charge on any atom is 0.135 e. The zero-order chi connectivity index (χ0) is 11.0. The Bertz CT molecular complexity index is 508. The summed E-state index contributed by atoms with van der Waals surface area (Å²) in [6.07, 6.45) is -0.588. The molecule has 2 aromatic rings. The van der Waals surface area contributed by atoms with Crippen molar-refractivity contribution >= 4 is 22.5 Å². The number of hydrogen-bond donors (Lipinski definition) is 1. The van der Waals surface area contributed by atoms with Crippen LogP contribution in [0.2, 0.25) is 5.15 Å². The van der Waals surface area contributed by atoms with Crippen molar-refractivity contribution in [3.8, 4) is 0 Å². The van der Waals surface area contributed by atoms with Crippen molar-refractivity contribution in [3.05, 3.63) is 40.5 Å². The van der Waals surface area contributed by atoms with Crippen molar-refractivity contribution in [2.45, 2.75) is 20.0 Å². The van der Waals surface area contributed by atoms with E-state index in [4.69, 9.17) is 11.6 Å². The quantitative estimate of drug-likeness (QED) is 0.750. The van der Waals surface area contributed by atoms with Crippen LogP contribution in [0.4, 0.5) is 0 Å².